The zero-order valence-electron chi connectivity index (χ0n) is 9.66. The second-order valence-electron chi connectivity index (χ2n) is 4.28. The molecular formula is C12H15ClF2N2O. The summed E-state index contributed by atoms with van der Waals surface area (Å²) < 4.78 is 26.3. The molecule has 1 aliphatic rings. The summed E-state index contributed by atoms with van der Waals surface area (Å²) in [4.78, 5) is 11.7. The quantitative estimate of drug-likeness (QED) is 0.882. The average molecular weight is 277 g/mol. The van der Waals surface area contributed by atoms with E-state index >= 15 is 0 Å². The SMILES string of the molecule is Cl.NCC(NC(=O)c1cc(F)ccc1F)C1CC1. The van der Waals surface area contributed by atoms with Crippen LogP contribution >= 0.6 is 12.4 Å². The summed E-state index contributed by atoms with van der Waals surface area (Å²) in [5.41, 5.74) is 5.25. The molecule has 1 aliphatic carbocycles. The second kappa shape index (κ2) is 6.11. The molecule has 1 atom stereocenters. The van der Waals surface area contributed by atoms with Crippen LogP contribution in [0.1, 0.15) is 23.2 Å². The molecule has 0 spiro atoms. The molecule has 6 heteroatoms. The highest BCUT2D eigenvalue weighted by molar-refractivity contribution is 5.94. The number of nitrogens with two attached hydrogens (primary N) is 1. The smallest absolute Gasteiger partial charge is 0.254 e. The molecule has 1 aromatic carbocycles. The first-order valence-corrected chi connectivity index (χ1v) is 5.58. The molecule has 3 nitrogen and oxygen atoms in total. The molecule has 1 aromatic rings. The molecule has 1 amide bonds. The molecule has 3 N–H and O–H groups in total. The third kappa shape index (κ3) is 3.40. The zero-order chi connectivity index (χ0) is 12.4. The summed E-state index contributed by atoms with van der Waals surface area (Å²) in [6, 6.07) is 2.67. The summed E-state index contributed by atoms with van der Waals surface area (Å²) in [6.45, 7) is 0.313. The molecule has 1 fully saturated rings. The van der Waals surface area contributed by atoms with Crippen LogP contribution in [0.15, 0.2) is 18.2 Å². The van der Waals surface area contributed by atoms with E-state index < -0.39 is 17.5 Å². The number of nitrogens with one attached hydrogen (secondary N) is 1. The van der Waals surface area contributed by atoms with Crippen molar-refractivity contribution in [2.45, 2.75) is 18.9 Å². The van der Waals surface area contributed by atoms with Gasteiger partial charge in [-0.2, -0.15) is 0 Å². The molecule has 0 radical (unpaired) electrons. The Morgan fingerprint density at radius 3 is 2.67 bits per heavy atom. The lowest BCUT2D eigenvalue weighted by atomic mass is 10.1. The Balaban J connectivity index is 0.00000162. The minimum Gasteiger partial charge on any atom is -0.348 e. The molecule has 1 saturated carbocycles. The molecular weight excluding hydrogens is 262 g/mol. The Morgan fingerprint density at radius 2 is 2.11 bits per heavy atom. The topological polar surface area (TPSA) is 55.1 Å². The third-order valence-corrected chi connectivity index (χ3v) is 2.93. The fourth-order valence-electron chi connectivity index (χ4n) is 1.79. The monoisotopic (exact) mass is 276 g/mol. The Bertz CT molecular complexity index is 438. The van der Waals surface area contributed by atoms with E-state index in [1.165, 1.54) is 0 Å². The molecule has 0 aliphatic heterocycles. The predicted molar refractivity (Wildman–Crippen MR) is 66.6 cm³/mol. The van der Waals surface area contributed by atoms with Gasteiger partial charge in [-0.25, -0.2) is 8.78 Å². The van der Waals surface area contributed by atoms with Gasteiger partial charge in [0.25, 0.3) is 5.91 Å². The van der Waals surface area contributed by atoms with E-state index in [9.17, 15) is 13.6 Å². The lowest BCUT2D eigenvalue weighted by Gasteiger charge is -2.16. The van der Waals surface area contributed by atoms with Gasteiger partial charge in [0.15, 0.2) is 0 Å². The Hall–Kier alpha value is -1.20. The van der Waals surface area contributed by atoms with Gasteiger partial charge >= 0.3 is 0 Å². The van der Waals surface area contributed by atoms with Crippen molar-refractivity contribution in [2.75, 3.05) is 6.54 Å². The summed E-state index contributed by atoms with van der Waals surface area (Å²) in [5, 5.41) is 2.64. The maximum atomic E-state index is 13.3. The number of rotatable bonds is 4. The highest BCUT2D eigenvalue weighted by Crippen LogP contribution is 2.32. The van der Waals surface area contributed by atoms with Crippen LogP contribution in [0.4, 0.5) is 8.78 Å². The van der Waals surface area contributed by atoms with Crippen LogP contribution in [0.2, 0.25) is 0 Å². The van der Waals surface area contributed by atoms with Crippen LogP contribution in [0.3, 0.4) is 0 Å². The fraction of sp³-hybridized carbons (Fsp3) is 0.417. The first kappa shape index (κ1) is 14.9. The second-order valence-corrected chi connectivity index (χ2v) is 4.28. The minimum absolute atomic E-state index is 0. The van der Waals surface area contributed by atoms with E-state index in [-0.39, 0.29) is 24.0 Å². The predicted octanol–water partition coefficient (Wildman–Crippen LogP) is 1.85. The third-order valence-electron chi connectivity index (χ3n) is 2.93. The van der Waals surface area contributed by atoms with E-state index in [0.717, 1.165) is 31.0 Å². The molecule has 100 valence electrons. The first-order valence-electron chi connectivity index (χ1n) is 5.58. The largest absolute Gasteiger partial charge is 0.348 e. The van der Waals surface area contributed by atoms with Crippen molar-refractivity contribution in [2.24, 2.45) is 11.7 Å². The number of amides is 1. The van der Waals surface area contributed by atoms with Crippen molar-refractivity contribution in [1.29, 1.82) is 0 Å². The number of halogens is 3. The van der Waals surface area contributed by atoms with Gasteiger partial charge in [0, 0.05) is 12.6 Å². The van der Waals surface area contributed by atoms with Gasteiger partial charge in [-0.15, -0.1) is 12.4 Å². The first-order chi connectivity index (χ1) is 8.11. The number of hydrogen-bond donors (Lipinski definition) is 2. The lowest BCUT2D eigenvalue weighted by Crippen LogP contribution is -2.42. The number of hydrogen-bond acceptors (Lipinski definition) is 2. The van der Waals surface area contributed by atoms with Gasteiger partial charge in [0.05, 0.1) is 5.56 Å². The van der Waals surface area contributed by atoms with Crippen molar-refractivity contribution in [1.82, 2.24) is 5.32 Å². The van der Waals surface area contributed by atoms with E-state index in [4.69, 9.17) is 5.73 Å². The molecule has 1 unspecified atom stereocenters. The molecule has 0 heterocycles. The Morgan fingerprint density at radius 1 is 1.44 bits per heavy atom. The van der Waals surface area contributed by atoms with Crippen molar-refractivity contribution < 1.29 is 13.6 Å². The Kier molecular flexibility index (Phi) is 5.04. The van der Waals surface area contributed by atoms with Crippen LogP contribution < -0.4 is 11.1 Å². The number of carbonyl (C=O) groups excluding carboxylic acids is 1. The number of carbonyl (C=O) groups is 1. The molecule has 0 bridgehead atoms. The maximum Gasteiger partial charge on any atom is 0.254 e. The lowest BCUT2D eigenvalue weighted by molar-refractivity contribution is 0.0929. The van der Waals surface area contributed by atoms with Gasteiger partial charge in [0.1, 0.15) is 11.6 Å². The normalized spacial score (nSPS) is 15.7. The van der Waals surface area contributed by atoms with Crippen molar-refractivity contribution in [3.63, 3.8) is 0 Å². The average Bonchev–Trinajstić information content (AvgIpc) is 3.13. The summed E-state index contributed by atoms with van der Waals surface area (Å²) in [6.07, 6.45) is 2.04. The highest BCUT2D eigenvalue weighted by Gasteiger charge is 2.31. The van der Waals surface area contributed by atoms with E-state index in [2.05, 4.69) is 5.32 Å². The van der Waals surface area contributed by atoms with Crippen LogP contribution in [0, 0.1) is 17.6 Å². The van der Waals surface area contributed by atoms with Crippen LogP contribution in [-0.4, -0.2) is 18.5 Å². The summed E-state index contributed by atoms with van der Waals surface area (Å²) in [7, 11) is 0. The van der Waals surface area contributed by atoms with Gasteiger partial charge in [-0.3, -0.25) is 4.79 Å². The number of benzene rings is 1. The standard InChI is InChI=1S/C12H14F2N2O.ClH/c13-8-3-4-10(14)9(5-8)12(17)16-11(6-15)7-1-2-7;/h3-5,7,11H,1-2,6,15H2,(H,16,17);1H. The van der Waals surface area contributed by atoms with Gasteiger partial charge in [-0.1, -0.05) is 0 Å². The fourth-order valence-corrected chi connectivity index (χ4v) is 1.79. The van der Waals surface area contributed by atoms with Gasteiger partial charge in [-0.05, 0) is 37.0 Å². The molecule has 0 saturated heterocycles. The van der Waals surface area contributed by atoms with E-state index in [1.807, 2.05) is 0 Å². The van der Waals surface area contributed by atoms with E-state index in [1.54, 1.807) is 0 Å². The highest BCUT2D eigenvalue weighted by atomic mass is 35.5. The van der Waals surface area contributed by atoms with Crippen molar-refractivity contribution >= 4 is 18.3 Å². The minimum atomic E-state index is -0.726. The Labute approximate surface area is 110 Å². The maximum absolute atomic E-state index is 13.3. The van der Waals surface area contributed by atoms with Crippen molar-refractivity contribution in [3.8, 4) is 0 Å². The van der Waals surface area contributed by atoms with Crippen LogP contribution in [-0.2, 0) is 0 Å². The summed E-state index contributed by atoms with van der Waals surface area (Å²) >= 11 is 0. The van der Waals surface area contributed by atoms with Crippen molar-refractivity contribution in [3.05, 3.63) is 35.4 Å². The zero-order valence-corrected chi connectivity index (χ0v) is 10.5. The van der Waals surface area contributed by atoms with Crippen LogP contribution in [0.25, 0.3) is 0 Å². The molecule has 18 heavy (non-hydrogen) atoms. The van der Waals surface area contributed by atoms with Crippen LogP contribution in [0.5, 0.6) is 0 Å². The summed E-state index contributed by atoms with van der Waals surface area (Å²) in [5.74, 6) is -1.59. The van der Waals surface area contributed by atoms with E-state index in [0.29, 0.717) is 12.5 Å². The van der Waals surface area contributed by atoms with Gasteiger partial charge < -0.3 is 11.1 Å². The molecule has 2 rings (SSSR count). The van der Waals surface area contributed by atoms with Gasteiger partial charge in [0.2, 0.25) is 0 Å². The molecule has 0 aromatic heterocycles.